The van der Waals surface area contributed by atoms with Crippen molar-refractivity contribution in [2.24, 2.45) is 0 Å². The predicted octanol–water partition coefficient (Wildman–Crippen LogP) is 11.6. The zero-order chi connectivity index (χ0) is 39.9. The van der Waals surface area contributed by atoms with Crippen molar-refractivity contribution < 1.29 is 22.9 Å². The van der Waals surface area contributed by atoms with Crippen molar-refractivity contribution in [2.75, 3.05) is 11.5 Å². The zero-order valence-electron chi connectivity index (χ0n) is 31.4. The molecule has 15 heteroatoms. The molecule has 1 aliphatic rings. The number of anilines is 2. The fourth-order valence-corrected chi connectivity index (χ4v) is 8.96. The van der Waals surface area contributed by atoms with Crippen LogP contribution in [0.5, 0.6) is 0 Å². The molecule has 7 aromatic rings. The highest BCUT2D eigenvalue weighted by atomic mass is 79.9. The van der Waals surface area contributed by atoms with Crippen LogP contribution in [-0.4, -0.2) is 34.6 Å². The summed E-state index contributed by atoms with van der Waals surface area (Å²) >= 11 is 11.6. The highest BCUT2D eigenvalue weighted by molar-refractivity contribution is 9.11. The first-order chi connectivity index (χ1) is 26.1. The van der Waals surface area contributed by atoms with Crippen LogP contribution in [0.25, 0.3) is 31.7 Å². The number of aldehydes is 1. The van der Waals surface area contributed by atoms with E-state index in [9.17, 15) is 4.79 Å². The molecule has 0 radical (unpaired) electrons. The number of nitrogens with two attached hydrogens (primary N) is 2. The van der Waals surface area contributed by atoms with E-state index >= 15 is 0 Å². The standard InChI is InChI=1S/C14H12N2OS.C12H18BNO2.C8H6BrNOS.C6H5BrOS/c1-9-6-13(12-7-16-8-17-12)18-14(9)10-2-4-11(15)5-3-10;1-11(2)12(3,4)16-13(15-11)9-5-7-10(14)8-6-9;1-5-2-7(12-8(5)9)6-3-10-4-11-6;1-4-2-5(3-8)9-6(4)7/h2-8H,15H2,1H3;5-8H,14H2,1-4H3;2-4H,1H3;2-3H,1H3. The van der Waals surface area contributed by atoms with Gasteiger partial charge in [0.25, 0.3) is 0 Å². The Morgan fingerprint density at radius 2 is 1.15 bits per heavy atom. The molecule has 4 N–H and O–H groups in total. The van der Waals surface area contributed by atoms with E-state index in [0.717, 1.165) is 62.4 Å². The second-order valence-electron chi connectivity index (χ2n) is 13.5. The van der Waals surface area contributed by atoms with Crippen LogP contribution in [0.2, 0.25) is 0 Å². The average molecular weight is 925 g/mol. The Morgan fingerprint density at radius 3 is 1.56 bits per heavy atom. The summed E-state index contributed by atoms with van der Waals surface area (Å²) < 4.78 is 24.5. The SMILES string of the molecule is CC1(C)OB(c2ccc(N)cc2)OC1(C)C.Cc1cc(-c2cnco2)sc1-c1ccc(N)cc1.Cc1cc(-c2cnco2)sc1Br.Cc1cc(C=O)sc1Br. The summed E-state index contributed by atoms with van der Waals surface area (Å²) in [5.41, 5.74) is 18.1. The molecule has 1 aliphatic heterocycles. The fraction of sp³-hybridized carbons (Fsp3) is 0.225. The number of thiophene rings is 3. The Bertz CT molecular complexity index is 2230. The van der Waals surface area contributed by atoms with Gasteiger partial charge in [-0.2, -0.15) is 0 Å². The molecule has 6 heterocycles. The van der Waals surface area contributed by atoms with Crippen molar-refractivity contribution in [1.29, 1.82) is 0 Å². The van der Waals surface area contributed by atoms with Gasteiger partial charge in [0.1, 0.15) is 0 Å². The van der Waals surface area contributed by atoms with Crippen LogP contribution >= 0.6 is 65.9 Å². The third-order valence-corrected chi connectivity index (χ3v) is 14.3. The summed E-state index contributed by atoms with van der Waals surface area (Å²) in [6.45, 7) is 14.3. The molecule has 0 saturated carbocycles. The number of carbonyl (C=O) groups excluding carboxylic acids is 1. The Labute approximate surface area is 350 Å². The van der Waals surface area contributed by atoms with Gasteiger partial charge in [-0.15, -0.1) is 34.0 Å². The molecule has 5 aromatic heterocycles. The van der Waals surface area contributed by atoms with Crippen LogP contribution < -0.4 is 16.9 Å². The number of oxazole rings is 2. The molecule has 0 aliphatic carbocycles. The van der Waals surface area contributed by atoms with Crippen LogP contribution in [-0.2, 0) is 9.31 Å². The maximum absolute atomic E-state index is 10.2. The molecule has 0 spiro atoms. The Hall–Kier alpha value is -3.83. The lowest BCUT2D eigenvalue weighted by molar-refractivity contribution is 0.00578. The molecular weight excluding hydrogens is 883 g/mol. The van der Waals surface area contributed by atoms with Crippen LogP contribution in [0.3, 0.4) is 0 Å². The van der Waals surface area contributed by atoms with Gasteiger partial charge in [-0.3, -0.25) is 4.79 Å². The normalized spacial score (nSPS) is 13.9. The number of benzene rings is 2. The maximum atomic E-state index is 10.2. The molecule has 8 rings (SSSR count). The number of rotatable bonds is 5. The van der Waals surface area contributed by atoms with Gasteiger partial charge in [-0.05, 0) is 151 Å². The Balaban J connectivity index is 0.000000145. The predicted molar refractivity (Wildman–Crippen MR) is 235 cm³/mol. The maximum Gasteiger partial charge on any atom is 0.494 e. The number of hydrogen-bond donors (Lipinski definition) is 2. The monoisotopic (exact) mass is 922 g/mol. The highest BCUT2D eigenvalue weighted by Crippen LogP contribution is 2.39. The summed E-state index contributed by atoms with van der Waals surface area (Å²) in [6, 6.07) is 21.6. The number of nitrogens with zero attached hydrogens (tertiary/aromatic N) is 2. The number of halogens is 2. The van der Waals surface area contributed by atoms with E-state index in [1.54, 1.807) is 35.1 Å². The summed E-state index contributed by atoms with van der Waals surface area (Å²) in [5.74, 6) is 1.64. The van der Waals surface area contributed by atoms with E-state index in [0.29, 0.717) is 0 Å². The topological polar surface area (TPSA) is 140 Å². The molecule has 1 fully saturated rings. The minimum atomic E-state index is -0.300. The van der Waals surface area contributed by atoms with Gasteiger partial charge in [-0.25, -0.2) is 9.97 Å². The van der Waals surface area contributed by atoms with Gasteiger partial charge < -0.3 is 29.6 Å². The smallest absolute Gasteiger partial charge is 0.443 e. The van der Waals surface area contributed by atoms with Crippen molar-refractivity contribution in [2.45, 2.75) is 59.7 Å². The first kappa shape index (κ1) is 42.3. The Kier molecular flexibility index (Phi) is 14.2. The molecule has 0 unspecified atom stereocenters. The van der Waals surface area contributed by atoms with Gasteiger partial charge >= 0.3 is 7.12 Å². The minimum absolute atomic E-state index is 0.293. The molecule has 9 nitrogen and oxygen atoms in total. The highest BCUT2D eigenvalue weighted by Gasteiger charge is 2.51. The number of hydrogen-bond acceptors (Lipinski definition) is 12. The van der Waals surface area contributed by atoms with Gasteiger partial charge in [0.2, 0.25) is 0 Å². The van der Waals surface area contributed by atoms with E-state index in [1.807, 2.05) is 89.2 Å². The number of aryl methyl sites for hydroxylation is 3. The summed E-state index contributed by atoms with van der Waals surface area (Å²) in [7, 11) is -0.300. The first-order valence-electron chi connectivity index (χ1n) is 17.0. The second-order valence-corrected chi connectivity index (χ2v) is 19.3. The molecule has 0 atom stereocenters. The Morgan fingerprint density at radius 1 is 0.673 bits per heavy atom. The number of carbonyl (C=O) groups is 1. The zero-order valence-corrected chi connectivity index (χ0v) is 37.0. The van der Waals surface area contributed by atoms with Crippen molar-refractivity contribution in [1.82, 2.24) is 9.97 Å². The largest absolute Gasteiger partial charge is 0.494 e. The van der Waals surface area contributed by atoms with Crippen LogP contribution in [0.1, 0.15) is 54.1 Å². The van der Waals surface area contributed by atoms with E-state index in [4.69, 9.17) is 29.6 Å². The third kappa shape index (κ3) is 10.9. The molecule has 2 aromatic carbocycles. The van der Waals surface area contributed by atoms with Crippen LogP contribution in [0.4, 0.5) is 11.4 Å². The van der Waals surface area contributed by atoms with Crippen molar-refractivity contribution in [3.8, 4) is 31.7 Å². The second kappa shape index (κ2) is 18.4. The molecule has 0 bridgehead atoms. The fourth-order valence-electron chi connectivity index (χ4n) is 4.95. The number of aromatic nitrogens is 2. The molecular formula is C40H41BBr2N4O5S3. The third-order valence-electron chi connectivity index (χ3n) is 8.75. The van der Waals surface area contributed by atoms with E-state index in [2.05, 4.69) is 67.8 Å². The molecule has 55 heavy (non-hydrogen) atoms. The number of nitrogen functional groups attached to an aromatic ring is 2. The van der Waals surface area contributed by atoms with Crippen molar-refractivity contribution >= 4 is 96.1 Å². The van der Waals surface area contributed by atoms with Crippen molar-refractivity contribution in [3.63, 3.8) is 0 Å². The molecule has 0 amide bonds. The quantitative estimate of drug-likeness (QED) is 0.0981. The molecule has 1 saturated heterocycles. The average Bonchev–Trinajstić information content (AvgIpc) is 4.01. The van der Waals surface area contributed by atoms with Gasteiger partial charge in [0, 0.05) is 16.3 Å². The first-order valence-corrected chi connectivity index (χ1v) is 21.0. The lowest BCUT2D eigenvalue weighted by atomic mass is 9.79. The summed E-state index contributed by atoms with van der Waals surface area (Å²) in [6.07, 6.45) is 7.21. The van der Waals surface area contributed by atoms with Crippen LogP contribution in [0.15, 0.2) is 108 Å². The van der Waals surface area contributed by atoms with E-state index in [1.165, 1.54) is 45.7 Å². The van der Waals surface area contributed by atoms with Crippen molar-refractivity contribution in [3.05, 3.63) is 121 Å². The van der Waals surface area contributed by atoms with Gasteiger partial charge in [0.15, 0.2) is 30.6 Å². The van der Waals surface area contributed by atoms with Gasteiger partial charge in [0.05, 0.1) is 45.8 Å². The summed E-state index contributed by atoms with van der Waals surface area (Å²) in [5, 5.41) is 0. The lowest BCUT2D eigenvalue weighted by Crippen LogP contribution is -2.41. The minimum Gasteiger partial charge on any atom is -0.443 e. The van der Waals surface area contributed by atoms with Gasteiger partial charge in [-0.1, -0.05) is 24.3 Å². The lowest BCUT2D eigenvalue weighted by Gasteiger charge is -2.32. The molecule has 286 valence electrons. The van der Waals surface area contributed by atoms with Crippen LogP contribution in [0, 0.1) is 20.8 Å². The van der Waals surface area contributed by atoms with E-state index in [-0.39, 0.29) is 18.3 Å². The summed E-state index contributed by atoms with van der Waals surface area (Å²) in [4.78, 5) is 22.2. The van der Waals surface area contributed by atoms with E-state index < -0.39 is 0 Å².